The molecule has 4 rings (SSSR count). The van der Waals surface area contributed by atoms with Gasteiger partial charge < -0.3 is 9.30 Å². The molecular weight excluding hydrogens is 352 g/mol. The summed E-state index contributed by atoms with van der Waals surface area (Å²) in [5, 5.41) is 0.109. The number of fused-ring (bicyclic) bond motifs is 1. The van der Waals surface area contributed by atoms with Crippen molar-refractivity contribution in [3.05, 3.63) is 96.3 Å². The fourth-order valence-electron chi connectivity index (χ4n) is 3.24. The van der Waals surface area contributed by atoms with Gasteiger partial charge in [-0.3, -0.25) is 0 Å². The van der Waals surface area contributed by atoms with Crippen LogP contribution in [0.15, 0.2) is 89.8 Å². The van der Waals surface area contributed by atoms with E-state index < -0.39 is 0 Å². The molecule has 27 heavy (non-hydrogen) atoms. The lowest BCUT2D eigenvalue weighted by Crippen LogP contribution is -2.11. The van der Waals surface area contributed by atoms with Crippen molar-refractivity contribution in [1.82, 2.24) is 9.55 Å². The number of benzene rings is 3. The van der Waals surface area contributed by atoms with Crippen molar-refractivity contribution in [1.29, 1.82) is 0 Å². The van der Waals surface area contributed by atoms with Gasteiger partial charge >= 0.3 is 0 Å². The second kappa shape index (κ2) is 8.42. The first-order valence-corrected chi connectivity index (χ1v) is 9.95. The number of aromatic nitrogens is 2. The van der Waals surface area contributed by atoms with E-state index in [9.17, 15) is 0 Å². The quantitative estimate of drug-likeness (QED) is 0.396. The summed E-state index contributed by atoms with van der Waals surface area (Å²) in [4.78, 5) is 6.26. The minimum absolute atomic E-state index is 0.109. The fraction of sp³-hybridized carbons (Fsp3) is 0.174. The van der Waals surface area contributed by atoms with Crippen LogP contribution in [-0.4, -0.2) is 23.3 Å². The summed E-state index contributed by atoms with van der Waals surface area (Å²) in [5.74, 6) is 1.06. The van der Waals surface area contributed by atoms with Crippen LogP contribution < -0.4 is 0 Å². The molecule has 0 aliphatic carbocycles. The van der Waals surface area contributed by atoms with Crippen molar-refractivity contribution in [2.75, 3.05) is 13.7 Å². The van der Waals surface area contributed by atoms with Crippen LogP contribution >= 0.6 is 11.8 Å². The van der Waals surface area contributed by atoms with Crippen molar-refractivity contribution in [2.45, 2.75) is 16.7 Å². The maximum absolute atomic E-state index is 5.37. The second-order valence-corrected chi connectivity index (χ2v) is 7.50. The highest BCUT2D eigenvalue weighted by Crippen LogP contribution is 2.40. The van der Waals surface area contributed by atoms with Crippen LogP contribution in [0.1, 0.15) is 16.6 Å². The Bertz CT molecular complexity index is 999. The number of ether oxygens (including phenoxy) is 1. The normalized spacial score (nSPS) is 12.3. The van der Waals surface area contributed by atoms with Crippen LogP contribution in [0.5, 0.6) is 0 Å². The molecule has 0 fully saturated rings. The lowest BCUT2D eigenvalue weighted by atomic mass is 10.1. The number of methoxy groups -OCH3 is 1. The SMILES string of the molecule is COCCn1c(C(Sc2ccccc2)c2ccccc2)nc2ccccc21. The zero-order valence-electron chi connectivity index (χ0n) is 15.3. The molecule has 0 bridgehead atoms. The number of nitrogens with zero attached hydrogens (tertiary/aromatic N) is 2. The highest BCUT2D eigenvalue weighted by molar-refractivity contribution is 7.99. The Hall–Kier alpha value is -2.56. The topological polar surface area (TPSA) is 27.1 Å². The predicted octanol–water partition coefficient (Wildman–Crippen LogP) is 5.56. The third-order valence-corrected chi connectivity index (χ3v) is 5.80. The Morgan fingerprint density at radius 1 is 0.889 bits per heavy atom. The zero-order valence-corrected chi connectivity index (χ0v) is 16.1. The molecule has 4 heteroatoms. The molecule has 1 aromatic heterocycles. The van der Waals surface area contributed by atoms with Gasteiger partial charge in [0.05, 0.1) is 22.9 Å². The molecule has 0 aliphatic heterocycles. The van der Waals surface area contributed by atoms with Crippen molar-refractivity contribution >= 4 is 22.8 Å². The maximum atomic E-state index is 5.37. The summed E-state index contributed by atoms with van der Waals surface area (Å²) in [7, 11) is 1.74. The lowest BCUT2D eigenvalue weighted by Gasteiger charge is -2.19. The molecular formula is C23H22N2OS. The Labute approximate surface area is 164 Å². The molecule has 0 aliphatic rings. The van der Waals surface area contributed by atoms with E-state index in [0.717, 1.165) is 23.4 Å². The molecule has 1 heterocycles. The predicted molar refractivity (Wildman–Crippen MR) is 112 cm³/mol. The third-order valence-electron chi connectivity index (χ3n) is 4.54. The van der Waals surface area contributed by atoms with Gasteiger partial charge in [0.15, 0.2) is 0 Å². The number of thioether (sulfide) groups is 1. The molecule has 0 saturated carbocycles. The van der Waals surface area contributed by atoms with Gasteiger partial charge in [0.2, 0.25) is 0 Å². The molecule has 0 N–H and O–H groups in total. The first-order valence-electron chi connectivity index (χ1n) is 9.07. The number of hydrogen-bond donors (Lipinski definition) is 0. The lowest BCUT2D eigenvalue weighted by molar-refractivity contribution is 0.187. The van der Waals surface area contributed by atoms with Crippen molar-refractivity contribution in [3.8, 4) is 0 Å². The van der Waals surface area contributed by atoms with Gasteiger partial charge in [0.1, 0.15) is 5.82 Å². The number of imidazole rings is 1. The molecule has 1 unspecified atom stereocenters. The Morgan fingerprint density at radius 3 is 2.30 bits per heavy atom. The Balaban J connectivity index is 1.84. The molecule has 1 atom stereocenters. The first-order chi connectivity index (χ1) is 13.4. The maximum Gasteiger partial charge on any atom is 0.128 e. The number of rotatable bonds is 7. The molecule has 0 saturated heterocycles. The van der Waals surface area contributed by atoms with Crippen LogP contribution in [0.4, 0.5) is 0 Å². The van der Waals surface area contributed by atoms with E-state index in [1.165, 1.54) is 10.5 Å². The van der Waals surface area contributed by atoms with E-state index in [1.54, 1.807) is 7.11 Å². The third kappa shape index (κ3) is 3.92. The molecule has 0 radical (unpaired) electrons. The van der Waals surface area contributed by atoms with Crippen LogP contribution in [-0.2, 0) is 11.3 Å². The Kier molecular flexibility index (Phi) is 5.56. The van der Waals surface area contributed by atoms with Crippen molar-refractivity contribution in [3.63, 3.8) is 0 Å². The van der Waals surface area contributed by atoms with Gasteiger partial charge in [0, 0.05) is 18.6 Å². The van der Waals surface area contributed by atoms with Crippen LogP contribution in [0, 0.1) is 0 Å². The average molecular weight is 375 g/mol. The van der Waals surface area contributed by atoms with Gasteiger partial charge in [-0.2, -0.15) is 0 Å². The van der Waals surface area contributed by atoms with E-state index in [2.05, 4.69) is 83.4 Å². The minimum atomic E-state index is 0.109. The zero-order chi connectivity index (χ0) is 18.5. The van der Waals surface area contributed by atoms with E-state index in [-0.39, 0.29) is 5.25 Å². The summed E-state index contributed by atoms with van der Waals surface area (Å²) >= 11 is 1.83. The van der Waals surface area contributed by atoms with Crippen LogP contribution in [0.3, 0.4) is 0 Å². The number of para-hydroxylation sites is 2. The minimum Gasteiger partial charge on any atom is -0.383 e. The molecule has 0 amide bonds. The highest BCUT2D eigenvalue weighted by atomic mass is 32.2. The van der Waals surface area contributed by atoms with Gasteiger partial charge in [-0.15, -0.1) is 11.8 Å². The Morgan fingerprint density at radius 2 is 1.56 bits per heavy atom. The fourth-order valence-corrected chi connectivity index (χ4v) is 4.41. The smallest absolute Gasteiger partial charge is 0.128 e. The second-order valence-electron chi connectivity index (χ2n) is 6.32. The average Bonchev–Trinajstić information content (AvgIpc) is 3.10. The summed E-state index contributed by atoms with van der Waals surface area (Å²) in [6.07, 6.45) is 0. The largest absolute Gasteiger partial charge is 0.383 e. The molecule has 4 aromatic rings. The van der Waals surface area contributed by atoms with E-state index in [0.29, 0.717) is 6.61 Å². The standard InChI is InChI=1S/C23H22N2OS/c1-26-17-16-25-21-15-9-8-14-20(21)24-23(25)22(18-10-4-2-5-11-18)27-19-12-6-3-7-13-19/h2-15,22H,16-17H2,1H3. The monoisotopic (exact) mass is 374 g/mol. The molecule has 0 spiro atoms. The summed E-state index contributed by atoms with van der Waals surface area (Å²) in [5.41, 5.74) is 3.43. The van der Waals surface area contributed by atoms with Crippen LogP contribution in [0.25, 0.3) is 11.0 Å². The van der Waals surface area contributed by atoms with E-state index in [4.69, 9.17) is 9.72 Å². The van der Waals surface area contributed by atoms with Gasteiger partial charge in [-0.1, -0.05) is 60.7 Å². The molecule has 3 nitrogen and oxygen atoms in total. The van der Waals surface area contributed by atoms with Crippen molar-refractivity contribution in [2.24, 2.45) is 0 Å². The molecule has 3 aromatic carbocycles. The highest BCUT2D eigenvalue weighted by Gasteiger charge is 2.23. The number of hydrogen-bond acceptors (Lipinski definition) is 3. The van der Waals surface area contributed by atoms with E-state index >= 15 is 0 Å². The summed E-state index contributed by atoms with van der Waals surface area (Å²) in [6.45, 7) is 1.44. The van der Waals surface area contributed by atoms with Gasteiger partial charge in [-0.05, 0) is 29.8 Å². The first kappa shape index (κ1) is 17.8. The van der Waals surface area contributed by atoms with E-state index in [1.807, 2.05) is 17.8 Å². The van der Waals surface area contributed by atoms with Gasteiger partial charge in [0.25, 0.3) is 0 Å². The van der Waals surface area contributed by atoms with Crippen LogP contribution in [0.2, 0.25) is 0 Å². The summed E-state index contributed by atoms with van der Waals surface area (Å²) < 4.78 is 7.67. The summed E-state index contributed by atoms with van der Waals surface area (Å²) in [6, 6.07) is 29.5. The van der Waals surface area contributed by atoms with Crippen molar-refractivity contribution < 1.29 is 4.74 Å². The van der Waals surface area contributed by atoms with Gasteiger partial charge in [-0.25, -0.2) is 4.98 Å². The molecule has 136 valence electrons.